The van der Waals surface area contributed by atoms with Crippen LogP contribution in [0.5, 0.6) is 5.75 Å². The molecule has 1 aliphatic rings. The molecule has 2 aromatic heterocycles. The van der Waals surface area contributed by atoms with Gasteiger partial charge >= 0.3 is 0 Å². The maximum Gasteiger partial charge on any atom is 0.212 e. The number of rotatable bonds is 7. The molecule has 1 aromatic carbocycles. The van der Waals surface area contributed by atoms with Crippen molar-refractivity contribution in [2.75, 3.05) is 5.75 Å². The molecular weight excluding hydrogens is 360 g/mol. The van der Waals surface area contributed by atoms with E-state index < -0.39 is 0 Å². The highest BCUT2D eigenvalue weighted by molar-refractivity contribution is 7.99. The van der Waals surface area contributed by atoms with Gasteiger partial charge in [0.25, 0.3) is 0 Å². The molecule has 0 spiro atoms. The lowest BCUT2D eigenvalue weighted by atomic mass is 10.1. The summed E-state index contributed by atoms with van der Waals surface area (Å²) in [5.74, 6) is 3.99. The Bertz CT molecular complexity index is 961. The van der Waals surface area contributed by atoms with Crippen LogP contribution in [0.1, 0.15) is 41.8 Å². The van der Waals surface area contributed by atoms with Gasteiger partial charge in [-0.15, -0.1) is 10.2 Å². The van der Waals surface area contributed by atoms with Gasteiger partial charge in [0.05, 0.1) is 6.21 Å². The van der Waals surface area contributed by atoms with Gasteiger partial charge in [-0.3, -0.25) is 0 Å². The molecule has 7 heteroatoms. The number of aryl methyl sites for hydroxylation is 3. The number of furan rings is 1. The molecule has 0 N–H and O–H groups in total. The predicted molar refractivity (Wildman–Crippen MR) is 106 cm³/mol. The average Bonchev–Trinajstić information content (AvgIpc) is 3.39. The molecule has 0 amide bonds. The third-order valence-electron chi connectivity index (χ3n) is 4.48. The molecule has 0 aliphatic heterocycles. The van der Waals surface area contributed by atoms with Gasteiger partial charge in [0.2, 0.25) is 5.16 Å². The van der Waals surface area contributed by atoms with Crippen molar-refractivity contribution >= 4 is 18.0 Å². The van der Waals surface area contributed by atoms with Crippen LogP contribution in [0.4, 0.5) is 0 Å². The Morgan fingerprint density at radius 2 is 2.11 bits per heavy atom. The lowest BCUT2D eigenvalue weighted by Gasteiger charge is -2.06. The molecule has 140 valence electrons. The van der Waals surface area contributed by atoms with E-state index >= 15 is 0 Å². The van der Waals surface area contributed by atoms with Gasteiger partial charge in [-0.05, 0) is 67.3 Å². The molecule has 1 aliphatic carbocycles. The van der Waals surface area contributed by atoms with Crippen LogP contribution in [0.2, 0.25) is 0 Å². The van der Waals surface area contributed by atoms with Crippen molar-refractivity contribution < 1.29 is 9.15 Å². The molecule has 0 saturated carbocycles. The summed E-state index contributed by atoms with van der Waals surface area (Å²) in [6, 6.07) is 10.2. The van der Waals surface area contributed by atoms with E-state index in [0.29, 0.717) is 12.4 Å². The number of hydrogen-bond acceptors (Lipinski definition) is 6. The zero-order chi connectivity index (χ0) is 18.6. The van der Waals surface area contributed by atoms with Gasteiger partial charge in [-0.25, -0.2) is 0 Å². The lowest BCUT2D eigenvalue weighted by molar-refractivity contribution is 0.269. The molecule has 2 heterocycles. The highest BCUT2D eigenvalue weighted by Gasteiger charge is 2.12. The van der Waals surface area contributed by atoms with Crippen molar-refractivity contribution in [2.45, 2.75) is 44.9 Å². The van der Waals surface area contributed by atoms with E-state index in [2.05, 4.69) is 34.4 Å². The predicted octanol–water partition coefficient (Wildman–Crippen LogP) is 4.24. The van der Waals surface area contributed by atoms with Gasteiger partial charge in [-0.2, -0.15) is 9.78 Å². The first kappa shape index (κ1) is 17.9. The summed E-state index contributed by atoms with van der Waals surface area (Å²) in [5, 5.41) is 13.4. The summed E-state index contributed by atoms with van der Waals surface area (Å²) < 4.78 is 13.4. The molecule has 0 unspecified atom stereocenters. The zero-order valence-corrected chi connectivity index (χ0v) is 16.3. The van der Waals surface area contributed by atoms with E-state index in [1.165, 1.54) is 24.0 Å². The fraction of sp³-hybridized carbons (Fsp3) is 0.350. The number of nitrogens with zero attached hydrogens (tertiary/aromatic N) is 4. The molecule has 0 bridgehead atoms. The second-order valence-electron chi connectivity index (χ2n) is 6.40. The Labute approximate surface area is 162 Å². The Balaban J connectivity index is 1.39. The lowest BCUT2D eigenvalue weighted by Crippen LogP contribution is -1.96. The van der Waals surface area contributed by atoms with Crippen LogP contribution in [0.15, 0.2) is 45.0 Å². The monoisotopic (exact) mass is 382 g/mol. The van der Waals surface area contributed by atoms with Gasteiger partial charge < -0.3 is 9.15 Å². The van der Waals surface area contributed by atoms with Crippen molar-refractivity contribution in [1.29, 1.82) is 0 Å². The van der Waals surface area contributed by atoms with Gasteiger partial charge in [0.1, 0.15) is 23.9 Å². The molecule has 6 nitrogen and oxygen atoms in total. The van der Waals surface area contributed by atoms with Crippen LogP contribution in [0.3, 0.4) is 0 Å². The molecule has 3 aromatic rings. The van der Waals surface area contributed by atoms with E-state index in [-0.39, 0.29) is 0 Å². The zero-order valence-electron chi connectivity index (χ0n) is 15.5. The second-order valence-corrected chi connectivity index (χ2v) is 7.63. The number of ether oxygens (including phenoxy) is 1. The van der Waals surface area contributed by atoms with E-state index in [1.54, 1.807) is 22.7 Å². The Morgan fingerprint density at radius 1 is 1.22 bits per heavy atom. The summed E-state index contributed by atoms with van der Waals surface area (Å²) in [7, 11) is 0. The normalized spacial score (nSPS) is 13.4. The Morgan fingerprint density at radius 3 is 3.00 bits per heavy atom. The Hall–Kier alpha value is -2.54. The van der Waals surface area contributed by atoms with E-state index in [4.69, 9.17) is 9.15 Å². The maximum absolute atomic E-state index is 5.88. The fourth-order valence-corrected chi connectivity index (χ4v) is 3.80. The van der Waals surface area contributed by atoms with Crippen molar-refractivity contribution in [3.05, 3.63) is 58.8 Å². The van der Waals surface area contributed by atoms with Crippen LogP contribution in [-0.4, -0.2) is 26.8 Å². The van der Waals surface area contributed by atoms with E-state index in [0.717, 1.165) is 34.7 Å². The van der Waals surface area contributed by atoms with Crippen LogP contribution < -0.4 is 4.74 Å². The molecule has 27 heavy (non-hydrogen) atoms. The first-order chi connectivity index (χ1) is 13.2. The number of hydrogen-bond donors (Lipinski definition) is 0. The fourth-order valence-electron chi connectivity index (χ4n) is 3.14. The topological polar surface area (TPSA) is 65.4 Å². The smallest absolute Gasteiger partial charge is 0.212 e. The van der Waals surface area contributed by atoms with Crippen LogP contribution in [0.25, 0.3) is 0 Å². The second kappa shape index (κ2) is 8.00. The first-order valence-corrected chi connectivity index (χ1v) is 10.1. The number of benzene rings is 1. The summed E-state index contributed by atoms with van der Waals surface area (Å²) in [4.78, 5) is 0. The largest absolute Gasteiger partial charge is 0.486 e. The molecule has 0 radical (unpaired) electrons. The van der Waals surface area contributed by atoms with Crippen molar-refractivity contribution in [3.63, 3.8) is 0 Å². The number of thioether (sulfide) groups is 1. The molecule has 0 fully saturated rings. The minimum atomic E-state index is 0.398. The van der Waals surface area contributed by atoms with Gasteiger partial charge in [-0.1, -0.05) is 24.8 Å². The molecule has 0 atom stereocenters. The minimum absolute atomic E-state index is 0.398. The Kier molecular flexibility index (Phi) is 5.29. The summed E-state index contributed by atoms with van der Waals surface area (Å²) in [5.41, 5.74) is 2.86. The maximum atomic E-state index is 5.88. The van der Waals surface area contributed by atoms with Crippen molar-refractivity contribution in [3.8, 4) is 5.75 Å². The SMILES string of the molecule is CCSc1nnc(C)n1N=Cc1ccc(COc2ccc3c(c2)CCC3)o1. The summed E-state index contributed by atoms with van der Waals surface area (Å²) >= 11 is 1.60. The average molecular weight is 382 g/mol. The van der Waals surface area contributed by atoms with Crippen LogP contribution in [0, 0.1) is 6.92 Å². The highest BCUT2D eigenvalue weighted by atomic mass is 32.2. The number of fused-ring (bicyclic) bond motifs is 1. The third-order valence-corrected chi connectivity index (χ3v) is 5.28. The number of aromatic nitrogens is 3. The van der Waals surface area contributed by atoms with Crippen LogP contribution in [-0.2, 0) is 19.4 Å². The van der Waals surface area contributed by atoms with E-state index in [1.807, 2.05) is 25.1 Å². The molecular formula is C20H22N4O2S. The molecule has 4 rings (SSSR count). The standard InChI is InChI=1S/C20H22N4O2S/c1-3-27-20-23-22-14(2)24(20)21-12-18-9-10-19(26-18)13-25-17-8-7-15-5-4-6-16(15)11-17/h7-12H,3-6,13H2,1-2H3. The highest BCUT2D eigenvalue weighted by Crippen LogP contribution is 2.26. The molecule has 0 saturated heterocycles. The van der Waals surface area contributed by atoms with Crippen molar-refractivity contribution in [2.24, 2.45) is 5.10 Å². The van der Waals surface area contributed by atoms with Crippen molar-refractivity contribution in [1.82, 2.24) is 14.9 Å². The first-order valence-electron chi connectivity index (χ1n) is 9.15. The van der Waals surface area contributed by atoms with Gasteiger partial charge in [0.15, 0.2) is 5.82 Å². The minimum Gasteiger partial charge on any atom is -0.486 e. The summed E-state index contributed by atoms with van der Waals surface area (Å²) in [6.45, 7) is 4.35. The van der Waals surface area contributed by atoms with Gasteiger partial charge in [0, 0.05) is 0 Å². The van der Waals surface area contributed by atoms with Crippen LogP contribution >= 0.6 is 11.8 Å². The quantitative estimate of drug-likeness (QED) is 0.452. The summed E-state index contributed by atoms with van der Waals surface area (Å²) in [6.07, 6.45) is 5.24. The van der Waals surface area contributed by atoms with E-state index in [9.17, 15) is 0 Å². The third kappa shape index (κ3) is 4.08.